The van der Waals surface area contributed by atoms with Gasteiger partial charge in [0, 0.05) is 0 Å². The topological polar surface area (TPSA) is 40.5 Å². The second-order valence-corrected chi connectivity index (χ2v) is 11.9. The summed E-state index contributed by atoms with van der Waals surface area (Å²) in [4.78, 5) is 0. The highest BCUT2D eigenvalue weighted by Crippen LogP contribution is 2.64. The van der Waals surface area contributed by atoms with Gasteiger partial charge in [-0.1, -0.05) is 65.5 Å². The molecular weight excluding hydrogens is 356 g/mol. The quantitative estimate of drug-likeness (QED) is 0.559. The molecule has 29 heavy (non-hydrogen) atoms. The summed E-state index contributed by atoms with van der Waals surface area (Å²) in [7, 11) is 0. The average molecular weight is 401 g/mol. The van der Waals surface area contributed by atoms with Gasteiger partial charge >= 0.3 is 0 Å². The summed E-state index contributed by atoms with van der Waals surface area (Å²) >= 11 is 0. The summed E-state index contributed by atoms with van der Waals surface area (Å²) in [6, 6.07) is 0. The van der Waals surface area contributed by atoms with E-state index in [0.717, 1.165) is 43.4 Å². The van der Waals surface area contributed by atoms with Crippen LogP contribution in [0.4, 0.5) is 0 Å². The Balaban J connectivity index is 1.57. The third-order valence-electron chi connectivity index (χ3n) is 9.63. The summed E-state index contributed by atoms with van der Waals surface area (Å²) in [5.41, 5.74) is 5.17. The van der Waals surface area contributed by atoms with Crippen molar-refractivity contribution in [2.45, 2.75) is 111 Å². The first kappa shape index (κ1) is 21.6. The van der Waals surface area contributed by atoms with Crippen molar-refractivity contribution >= 4 is 0 Å². The zero-order valence-electron chi connectivity index (χ0n) is 19.5. The van der Waals surface area contributed by atoms with Gasteiger partial charge in [-0.3, -0.25) is 0 Å². The van der Waals surface area contributed by atoms with Crippen LogP contribution in [0.1, 0.15) is 98.8 Å². The Morgan fingerprint density at radius 3 is 2.55 bits per heavy atom. The molecule has 2 N–H and O–H groups in total. The van der Waals surface area contributed by atoms with Crippen LogP contribution in [0.15, 0.2) is 22.8 Å². The van der Waals surface area contributed by atoms with Crippen molar-refractivity contribution in [2.75, 3.05) is 0 Å². The molecule has 7 unspecified atom stereocenters. The summed E-state index contributed by atoms with van der Waals surface area (Å²) in [5, 5.41) is 21.3. The Hall–Kier alpha value is -0.600. The van der Waals surface area contributed by atoms with E-state index < -0.39 is 0 Å². The van der Waals surface area contributed by atoms with Crippen LogP contribution in [0.25, 0.3) is 0 Å². The van der Waals surface area contributed by atoms with Gasteiger partial charge in [0.05, 0.1) is 12.2 Å². The molecule has 0 aromatic heterocycles. The van der Waals surface area contributed by atoms with E-state index in [-0.39, 0.29) is 23.5 Å². The van der Waals surface area contributed by atoms with E-state index in [0.29, 0.717) is 5.41 Å². The number of rotatable bonds is 5. The van der Waals surface area contributed by atoms with Crippen LogP contribution in [0.3, 0.4) is 0 Å². The van der Waals surface area contributed by atoms with Crippen molar-refractivity contribution in [3.8, 4) is 0 Å². The van der Waals surface area contributed by atoms with E-state index in [1.807, 2.05) is 0 Å². The molecule has 7 atom stereocenters. The van der Waals surface area contributed by atoms with E-state index >= 15 is 0 Å². The maximum Gasteiger partial charge on any atom is 0.0618 e. The first-order chi connectivity index (χ1) is 13.7. The first-order valence-electron chi connectivity index (χ1n) is 12.5. The molecule has 0 aromatic rings. The monoisotopic (exact) mass is 400 g/mol. The lowest BCUT2D eigenvalue weighted by Crippen LogP contribution is -2.49. The zero-order chi connectivity index (χ0) is 21.0. The number of aliphatic hydroxyl groups is 2. The SMILES string of the molecule is CC(C)CCCC(C)C1CC=C2C3=C(CCC21C)C1(C)CCC(O)CC1C(O)C3. The Bertz CT molecular complexity index is 689. The van der Waals surface area contributed by atoms with Crippen LogP contribution >= 0.6 is 0 Å². The van der Waals surface area contributed by atoms with Crippen molar-refractivity contribution in [1.82, 2.24) is 0 Å². The molecule has 0 aromatic carbocycles. The van der Waals surface area contributed by atoms with E-state index in [4.69, 9.17) is 0 Å². The van der Waals surface area contributed by atoms with E-state index in [2.05, 4.69) is 40.7 Å². The van der Waals surface area contributed by atoms with Gasteiger partial charge in [-0.25, -0.2) is 0 Å². The predicted octanol–water partition coefficient (Wildman–Crippen LogP) is 6.42. The van der Waals surface area contributed by atoms with Crippen LogP contribution in [-0.2, 0) is 0 Å². The third-order valence-corrected chi connectivity index (χ3v) is 9.63. The molecule has 0 bridgehead atoms. The molecule has 4 rings (SSSR count). The van der Waals surface area contributed by atoms with Gasteiger partial charge in [-0.2, -0.15) is 0 Å². The summed E-state index contributed by atoms with van der Waals surface area (Å²) in [5.74, 6) is 2.58. The standard InChI is InChI=1S/C27H44O2/c1-17(2)7-6-8-18(3)21-9-10-22-20-16-25(29)24-15-19(28)11-13-27(24,5)23(20)12-14-26(21,22)4/h10,17-19,21,24-25,28-29H,6-9,11-16H2,1-5H3. The van der Waals surface area contributed by atoms with Gasteiger partial charge in [0.2, 0.25) is 0 Å². The minimum absolute atomic E-state index is 0.0926. The summed E-state index contributed by atoms with van der Waals surface area (Å²) in [6.45, 7) is 12.1. The lowest BCUT2D eigenvalue weighted by molar-refractivity contribution is -0.0448. The highest BCUT2D eigenvalue weighted by Gasteiger charge is 2.55. The smallest absolute Gasteiger partial charge is 0.0618 e. The van der Waals surface area contributed by atoms with Gasteiger partial charge < -0.3 is 10.2 Å². The molecule has 4 aliphatic rings. The molecule has 0 heterocycles. The van der Waals surface area contributed by atoms with Crippen molar-refractivity contribution in [3.63, 3.8) is 0 Å². The number of aliphatic hydroxyl groups excluding tert-OH is 2. The normalized spacial score (nSPS) is 43.0. The molecule has 2 heteroatoms. The lowest BCUT2D eigenvalue weighted by atomic mass is 9.51. The number of allylic oxidation sites excluding steroid dienone is 3. The van der Waals surface area contributed by atoms with Crippen molar-refractivity contribution in [2.24, 2.45) is 34.5 Å². The molecular formula is C27H44O2. The van der Waals surface area contributed by atoms with Crippen LogP contribution in [0, 0.1) is 34.5 Å². The van der Waals surface area contributed by atoms with Crippen molar-refractivity contribution in [3.05, 3.63) is 22.8 Å². The maximum absolute atomic E-state index is 11.1. The Morgan fingerprint density at radius 2 is 1.83 bits per heavy atom. The second-order valence-electron chi connectivity index (χ2n) is 11.9. The molecule has 4 aliphatic carbocycles. The minimum Gasteiger partial charge on any atom is -0.393 e. The summed E-state index contributed by atoms with van der Waals surface area (Å²) < 4.78 is 0. The summed E-state index contributed by atoms with van der Waals surface area (Å²) in [6.07, 6.45) is 13.3. The molecule has 0 spiro atoms. The fourth-order valence-corrected chi connectivity index (χ4v) is 7.83. The number of fused-ring (bicyclic) bond motifs is 4. The molecule has 0 radical (unpaired) electrons. The second kappa shape index (κ2) is 7.83. The largest absolute Gasteiger partial charge is 0.393 e. The van der Waals surface area contributed by atoms with Gasteiger partial charge in [0.1, 0.15) is 0 Å². The molecule has 164 valence electrons. The maximum atomic E-state index is 11.1. The average Bonchev–Trinajstić information content (AvgIpc) is 3.00. The Kier molecular flexibility index (Phi) is 5.84. The molecule has 0 saturated heterocycles. The number of hydrogen-bond acceptors (Lipinski definition) is 2. The van der Waals surface area contributed by atoms with Crippen molar-refractivity contribution < 1.29 is 10.2 Å². The fourth-order valence-electron chi connectivity index (χ4n) is 7.83. The van der Waals surface area contributed by atoms with Gasteiger partial charge in [0.15, 0.2) is 0 Å². The van der Waals surface area contributed by atoms with E-state index in [1.54, 1.807) is 11.1 Å². The molecule has 0 amide bonds. The highest BCUT2D eigenvalue weighted by atomic mass is 16.3. The third kappa shape index (κ3) is 3.57. The number of hydrogen-bond donors (Lipinski definition) is 2. The van der Waals surface area contributed by atoms with Crippen LogP contribution in [-0.4, -0.2) is 22.4 Å². The van der Waals surface area contributed by atoms with Crippen LogP contribution < -0.4 is 0 Å². The van der Waals surface area contributed by atoms with E-state index in [1.165, 1.54) is 44.1 Å². The predicted molar refractivity (Wildman–Crippen MR) is 120 cm³/mol. The van der Waals surface area contributed by atoms with Gasteiger partial charge in [-0.05, 0) is 90.6 Å². The van der Waals surface area contributed by atoms with Crippen LogP contribution in [0.5, 0.6) is 0 Å². The Morgan fingerprint density at radius 1 is 1.07 bits per heavy atom. The first-order valence-corrected chi connectivity index (χ1v) is 12.5. The zero-order valence-corrected chi connectivity index (χ0v) is 19.5. The highest BCUT2D eigenvalue weighted by molar-refractivity contribution is 5.50. The molecule has 1 fully saturated rings. The van der Waals surface area contributed by atoms with Crippen LogP contribution in [0.2, 0.25) is 0 Å². The van der Waals surface area contributed by atoms with Gasteiger partial charge in [-0.15, -0.1) is 0 Å². The van der Waals surface area contributed by atoms with Gasteiger partial charge in [0.25, 0.3) is 0 Å². The lowest BCUT2D eigenvalue weighted by Gasteiger charge is -2.55. The molecule has 0 aliphatic heterocycles. The Labute approximate surface area is 178 Å². The fraction of sp³-hybridized carbons (Fsp3) is 0.852. The molecule has 2 nitrogen and oxygen atoms in total. The minimum atomic E-state index is -0.292. The van der Waals surface area contributed by atoms with E-state index in [9.17, 15) is 10.2 Å². The molecule has 1 saturated carbocycles. The van der Waals surface area contributed by atoms with Crippen molar-refractivity contribution in [1.29, 1.82) is 0 Å².